The average Bonchev–Trinajstić information content (AvgIpc) is 3.16. The van der Waals surface area contributed by atoms with Crippen LogP contribution >= 0.6 is 0 Å². The van der Waals surface area contributed by atoms with Crippen LogP contribution in [-0.4, -0.2) is 32.4 Å². The van der Waals surface area contributed by atoms with Crippen molar-refractivity contribution in [2.75, 3.05) is 18.0 Å². The Kier molecular flexibility index (Phi) is 5.12. The maximum atomic E-state index is 13.3. The minimum absolute atomic E-state index is 0.214. The van der Waals surface area contributed by atoms with E-state index in [0.29, 0.717) is 13.0 Å². The number of hydrogen-bond donors (Lipinski definition) is 1. The van der Waals surface area contributed by atoms with Gasteiger partial charge >= 0.3 is 0 Å². The molecule has 0 radical (unpaired) electrons. The van der Waals surface area contributed by atoms with Crippen molar-refractivity contribution < 1.29 is 17.6 Å². The van der Waals surface area contributed by atoms with E-state index in [4.69, 9.17) is 0 Å². The standard InChI is InChI=1S/C21H18FN3O3S/c22-18-2-1-3-19(13-18)29(27,28)24-14-21(26)25-11-8-17-12-16(4-5-20(17)25)15-6-9-23-10-7-15/h1-7,9-10,12-13,24H,8,11,14H2. The van der Waals surface area contributed by atoms with Gasteiger partial charge in [0, 0.05) is 24.6 Å². The summed E-state index contributed by atoms with van der Waals surface area (Å²) in [6.45, 7) is 0.0834. The van der Waals surface area contributed by atoms with E-state index in [1.807, 2.05) is 30.3 Å². The maximum Gasteiger partial charge on any atom is 0.242 e. The highest BCUT2D eigenvalue weighted by Gasteiger charge is 2.26. The van der Waals surface area contributed by atoms with Gasteiger partial charge < -0.3 is 4.90 Å². The third-order valence-corrected chi connectivity index (χ3v) is 6.21. The molecule has 1 aliphatic heterocycles. The van der Waals surface area contributed by atoms with Crippen molar-refractivity contribution in [1.82, 2.24) is 9.71 Å². The molecule has 0 saturated carbocycles. The van der Waals surface area contributed by atoms with E-state index in [1.54, 1.807) is 17.3 Å². The topological polar surface area (TPSA) is 79.4 Å². The SMILES string of the molecule is O=C(CNS(=O)(=O)c1cccc(F)c1)N1CCc2cc(-c3ccncc3)ccc21. The fourth-order valence-electron chi connectivity index (χ4n) is 3.35. The predicted molar refractivity (Wildman–Crippen MR) is 107 cm³/mol. The van der Waals surface area contributed by atoms with E-state index >= 15 is 0 Å². The molecular weight excluding hydrogens is 393 g/mol. The summed E-state index contributed by atoms with van der Waals surface area (Å²) in [6.07, 6.45) is 4.14. The number of aromatic nitrogens is 1. The monoisotopic (exact) mass is 411 g/mol. The van der Waals surface area contributed by atoms with Crippen LogP contribution in [0.15, 0.2) is 71.9 Å². The third kappa shape index (κ3) is 4.03. The van der Waals surface area contributed by atoms with Crippen molar-refractivity contribution in [3.8, 4) is 11.1 Å². The largest absolute Gasteiger partial charge is 0.311 e. The molecule has 1 aliphatic rings. The molecule has 0 unspecified atom stereocenters. The smallest absolute Gasteiger partial charge is 0.242 e. The number of amides is 1. The first-order chi connectivity index (χ1) is 13.9. The summed E-state index contributed by atoms with van der Waals surface area (Å²) >= 11 is 0. The van der Waals surface area contributed by atoms with Gasteiger partial charge in [0.2, 0.25) is 15.9 Å². The average molecular weight is 411 g/mol. The lowest BCUT2D eigenvalue weighted by Crippen LogP contribution is -2.39. The quantitative estimate of drug-likeness (QED) is 0.700. The minimum atomic E-state index is -3.97. The van der Waals surface area contributed by atoms with Gasteiger partial charge in [-0.25, -0.2) is 17.5 Å². The number of fused-ring (bicyclic) bond motifs is 1. The van der Waals surface area contributed by atoms with Crippen LogP contribution < -0.4 is 9.62 Å². The lowest BCUT2D eigenvalue weighted by atomic mass is 10.0. The lowest BCUT2D eigenvalue weighted by Gasteiger charge is -2.18. The summed E-state index contributed by atoms with van der Waals surface area (Å²) in [5.74, 6) is -1.02. The second-order valence-corrected chi connectivity index (χ2v) is 8.42. The zero-order valence-electron chi connectivity index (χ0n) is 15.4. The maximum absolute atomic E-state index is 13.3. The second-order valence-electron chi connectivity index (χ2n) is 6.66. The molecule has 3 aromatic rings. The van der Waals surface area contributed by atoms with E-state index in [0.717, 1.165) is 34.5 Å². The number of sulfonamides is 1. The normalized spacial score (nSPS) is 13.3. The van der Waals surface area contributed by atoms with Gasteiger partial charge in [-0.05, 0) is 65.6 Å². The van der Waals surface area contributed by atoms with E-state index in [1.165, 1.54) is 12.1 Å². The summed E-state index contributed by atoms with van der Waals surface area (Å²) < 4.78 is 40.1. The molecule has 0 saturated heterocycles. The summed E-state index contributed by atoms with van der Waals surface area (Å²) in [6, 6.07) is 14.3. The van der Waals surface area contributed by atoms with E-state index in [-0.39, 0.29) is 10.8 Å². The number of anilines is 1. The van der Waals surface area contributed by atoms with Crippen molar-refractivity contribution >= 4 is 21.6 Å². The molecule has 0 aliphatic carbocycles. The number of carbonyl (C=O) groups excluding carboxylic acids is 1. The second kappa shape index (κ2) is 7.73. The van der Waals surface area contributed by atoms with Gasteiger partial charge in [0.25, 0.3) is 0 Å². The molecule has 0 bridgehead atoms. The van der Waals surface area contributed by atoms with Crippen molar-refractivity contribution in [3.63, 3.8) is 0 Å². The molecule has 2 aromatic carbocycles. The third-order valence-electron chi connectivity index (χ3n) is 4.81. The van der Waals surface area contributed by atoms with Crippen LogP contribution in [0.1, 0.15) is 5.56 Å². The summed E-state index contributed by atoms with van der Waals surface area (Å²) in [5, 5.41) is 0. The zero-order valence-corrected chi connectivity index (χ0v) is 16.2. The molecule has 2 heterocycles. The van der Waals surface area contributed by atoms with E-state index < -0.39 is 22.4 Å². The van der Waals surface area contributed by atoms with Gasteiger partial charge in [0.05, 0.1) is 11.4 Å². The number of rotatable bonds is 5. The van der Waals surface area contributed by atoms with Gasteiger partial charge in [-0.1, -0.05) is 12.1 Å². The first-order valence-corrected chi connectivity index (χ1v) is 10.5. The van der Waals surface area contributed by atoms with Crippen LogP contribution in [0.4, 0.5) is 10.1 Å². The van der Waals surface area contributed by atoms with E-state index in [9.17, 15) is 17.6 Å². The summed E-state index contributed by atoms with van der Waals surface area (Å²) in [5.41, 5.74) is 3.88. The zero-order chi connectivity index (χ0) is 20.4. The number of pyridine rings is 1. The molecule has 1 amide bonds. The van der Waals surface area contributed by atoms with Crippen LogP contribution in [-0.2, 0) is 21.2 Å². The number of nitrogens with zero attached hydrogens (tertiary/aromatic N) is 2. The Bertz CT molecular complexity index is 1170. The van der Waals surface area contributed by atoms with Crippen LogP contribution in [0.2, 0.25) is 0 Å². The molecular formula is C21H18FN3O3S. The number of benzene rings is 2. The van der Waals surface area contributed by atoms with Gasteiger partial charge in [-0.3, -0.25) is 9.78 Å². The molecule has 0 atom stereocenters. The number of hydrogen-bond acceptors (Lipinski definition) is 4. The lowest BCUT2D eigenvalue weighted by molar-refractivity contribution is -0.117. The molecule has 4 rings (SSSR count). The number of carbonyl (C=O) groups is 1. The highest BCUT2D eigenvalue weighted by atomic mass is 32.2. The highest BCUT2D eigenvalue weighted by molar-refractivity contribution is 7.89. The van der Waals surface area contributed by atoms with Crippen molar-refractivity contribution in [3.05, 3.63) is 78.4 Å². The van der Waals surface area contributed by atoms with Crippen LogP contribution in [0, 0.1) is 5.82 Å². The Labute approximate surface area is 168 Å². The van der Waals surface area contributed by atoms with Gasteiger partial charge in [-0.15, -0.1) is 0 Å². The first kappa shape index (κ1) is 19.2. The Hall–Kier alpha value is -3.10. The minimum Gasteiger partial charge on any atom is -0.311 e. The fraction of sp³-hybridized carbons (Fsp3) is 0.143. The molecule has 0 fully saturated rings. The Morgan fingerprint density at radius 3 is 2.62 bits per heavy atom. The molecule has 1 N–H and O–H groups in total. The molecule has 8 heteroatoms. The molecule has 1 aromatic heterocycles. The number of halogens is 1. The van der Waals surface area contributed by atoms with Crippen molar-refractivity contribution in [2.24, 2.45) is 0 Å². The fourth-order valence-corrected chi connectivity index (χ4v) is 4.36. The Balaban J connectivity index is 1.48. The molecule has 148 valence electrons. The Morgan fingerprint density at radius 1 is 1.07 bits per heavy atom. The summed E-state index contributed by atoms with van der Waals surface area (Å²) in [7, 11) is -3.97. The van der Waals surface area contributed by atoms with Crippen molar-refractivity contribution in [1.29, 1.82) is 0 Å². The Morgan fingerprint density at radius 2 is 1.86 bits per heavy atom. The first-order valence-electron chi connectivity index (χ1n) is 9.03. The summed E-state index contributed by atoms with van der Waals surface area (Å²) in [4.78, 5) is 18.0. The number of nitrogens with one attached hydrogen (secondary N) is 1. The molecule has 0 spiro atoms. The van der Waals surface area contributed by atoms with Gasteiger partial charge in [0.15, 0.2) is 0 Å². The molecule has 29 heavy (non-hydrogen) atoms. The van der Waals surface area contributed by atoms with Gasteiger partial charge in [0.1, 0.15) is 5.82 Å². The highest BCUT2D eigenvalue weighted by Crippen LogP contribution is 2.32. The van der Waals surface area contributed by atoms with E-state index in [2.05, 4.69) is 9.71 Å². The van der Waals surface area contributed by atoms with Crippen LogP contribution in [0.3, 0.4) is 0 Å². The molecule has 6 nitrogen and oxygen atoms in total. The van der Waals surface area contributed by atoms with Gasteiger partial charge in [-0.2, -0.15) is 0 Å². The van der Waals surface area contributed by atoms with Crippen LogP contribution in [0.5, 0.6) is 0 Å². The van der Waals surface area contributed by atoms with Crippen LogP contribution in [0.25, 0.3) is 11.1 Å². The predicted octanol–water partition coefficient (Wildman–Crippen LogP) is 2.76. The van der Waals surface area contributed by atoms with Crippen molar-refractivity contribution in [2.45, 2.75) is 11.3 Å².